The van der Waals surface area contributed by atoms with Crippen LogP contribution in [0.4, 0.5) is 0 Å². The first-order chi connectivity index (χ1) is 8.45. The van der Waals surface area contributed by atoms with E-state index < -0.39 is 17.3 Å². The number of hydrogen-bond donors (Lipinski definition) is 2. The SMILES string of the molecule is CN(CC(=O)NC1CC1)C(=O)C1(C(=O)O)CCC1. The van der Waals surface area contributed by atoms with E-state index in [9.17, 15) is 14.4 Å². The van der Waals surface area contributed by atoms with E-state index in [-0.39, 0.29) is 18.5 Å². The van der Waals surface area contributed by atoms with Crippen molar-refractivity contribution in [2.24, 2.45) is 5.41 Å². The fourth-order valence-corrected chi connectivity index (χ4v) is 2.20. The number of likely N-dealkylation sites (N-methyl/N-ethyl adjacent to an activating group) is 1. The largest absolute Gasteiger partial charge is 0.480 e. The summed E-state index contributed by atoms with van der Waals surface area (Å²) in [4.78, 5) is 36.1. The van der Waals surface area contributed by atoms with Crippen molar-refractivity contribution in [2.75, 3.05) is 13.6 Å². The van der Waals surface area contributed by atoms with Gasteiger partial charge in [0.2, 0.25) is 11.8 Å². The van der Waals surface area contributed by atoms with Gasteiger partial charge in [0.15, 0.2) is 0 Å². The summed E-state index contributed by atoms with van der Waals surface area (Å²) in [5.41, 5.74) is -1.28. The highest BCUT2D eigenvalue weighted by molar-refractivity contribution is 6.03. The molecule has 0 unspecified atom stereocenters. The molecule has 2 N–H and O–H groups in total. The normalized spacial score (nSPS) is 20.7. The summed E-state index contributed by atoms with van der Waals surface area (Å²) in [5, 5.41) is 11.9. The van der Waals surface area contributed by atoms with Gasteiger partial charge in [-0.2, -0.15) is 0 Å². The first-order valence-electron chi connectivity index (χ1n) is 6.24. The average molecular weight is 254 g/mol. The van der Waals surface area contributed by atoms with Crippen LogP contribution in [0.5, 0.6) is 0 Å². The van der Waals surface area contributed by atoms with E-state index in [0.29, 0.717) is 12.8 Å². The van der Waals surface area contributed by atoms with Crippen molar-refractivity contribution in [3.63, 3.8) is 0 Å². The van der Waals surface area contributed by atoms with Crippen molar-refractivity contribution in [1.29, 1.82) is 0 Å². The first kappa shape index (κ1) is 12.9. The van der Waals surface area contributed by atoms with Gasteiger partial charge < -0.3 is 15.3 Å². The fourth-order valence-electron chi connectivity index (χ4n) is 2.20. The summed E-state index contributed by atoms with van der Waals surface area (Å²) in [6.07, 6.45) is 3.47. The maximum absolute atomic E-state index is 12.1. The van der Waals surface area contributed by atoms with E-state index in [0.717, 1.165) is 19.3 Å². The third-order valence-corrected chi connectivity index (χ3v) is 3.70. The van der Waals surface area contributed by atoms with Crippen LogP contribution in [0.2, 0.25) is 0 Å². The molecular weight excluding hydrogens is 236 g/mol. The molecule has 0 radical (unpaired) electrons. The van der Waals surface area contributed by atoms with Gasteiger partial charge in [-0.1, -0.05) is 6.42 Å². The lowest BCUT2D eigenvalue weighted by atomic mass is 9.68. The molecule has 2 aliphatic rings. The van der Waals surface area contributed by atoms with Crippen molar-refractivity contribution in [3.8, 4) is 0 Å². The second-order valence-electron chi connectivity index (χ2n) is 5.24. The zero-order valence-electron chi connectivity index (χ0n) is 10.4. The minimum atomic E-state index is -1.28. The molecule has 0 atom stereocenters. The monoisotopic (exact) mass is 254 g/mol. The highest BCUT2D eigenvalue weighted by Gasteiger charge is 2.52. The summed E-state index contributed by atoms with van der Waals surface area (Å²) >= 11 is 0. The Hall–Kier alpha value is -1.59. The van der Waals surface area contributed by atoms with Gasteiger partial charge in [0.05, 0.1) is 6.54 Å². The molecule has 6 heteroatoms. The van der Waals surface area contributed by atoms with Gasteiger partial charge in [0, 0.05) is 13.1 Å². The third-order valence-electron chi connectivity index (χ3n) is 3.70. The van der Waals surface area contributed by atoms with Crippen LogP contribution in [-0.2, 0) is 14.4 Å². The summed E-state index contributed by atoms with van der Waals surface area (Å²) in [6.45, 7) is -0.0651. The maximum atomic E-state index is 12.1. The molecule has 100 valence electrons. The van der Waals surface area contributed by atoms with Crippen molar-refractivity contribution < 1.29 is 19.5 Å². The Balaban J connectivity index is 1.90. The minimum absolute atomic E-state index is 0.0651. The van der Waals surface area contributed by atoms with Gasteiger partial charge in [0.25, 0.3) is 0 Å². The Bertz CT molecular complexity index is 386. The zero-order valence-corrected chi connectivity index (χ0v) is 10.4. The van der Waals surface area contributed by atoms with Crippen LogP contribution in [0.25, 0.3) is 0 Å². The molecule has 18 heavy (non-hydrogen) atoms. The first-order valence-corrected chi connectivity index (χ1v) is 6.24. The van der Waals surface area contributed by atoms with E-state index in [1.54, 1.807) is 0 Å². The zero-order chi connectivity index (χ0) is 13.3. The summed E-state index contributed by atoms with van der Waals surface area (Å²) in [5.74, 6) is -1.74. The van der Waals surface area contributed by atoms with Crippen LogP contribution in [0.15, 0.2) is 0 Å². The number of aliphatic carboxylic acids is 1. The number of carbonyl (C=O) groups is 3. The number of nitrogens with zero attached hydrogens (tertiary/aromatic N) is 1. The number of carbonyl (C=O) groups excluding carboxylic acids is 2. The van der Waals surface area contributed by atoms with Crippen LogP contribution in [0.1, 0.15) is 32.1 Å². The van der Waals surface area contributed by atoms with Crippen LogP contribution in [0, 0.1) is 5.41 Å². The molecule has 2 fully saturated rings. The lowest BCUT2D eigenvalue weighted by Crippen LogP contribution is -2.53. The predicted octanol–water partition coefficient (Wildman–Crippen LogP) is -0.0217. The van der Waals surface area contributed by atoms with E-state index in [4.69, 9.17) is 5.11 Å². The number of carboxylic acid groups (broad SMARTS) is 1. The minimum Gasteiger partial charge on any atom is -0.480 e. The lowest BCUT2D eigenvalue weighted by Gasteiger charge is -2.38. The molecule has 0 aliphatic heterocycles. The highest BCUT2D eigenvalue weighted by atomic mass is 16.4. The van der Waals surface area contributed by atoms with Gasteiger partial charge in [-0.25, -0.2) is 0 Å². The standard InChI is InChI=1S/C12H18N2O4/c1-14(7-9(15)13-8-3-4-8)10(16)12(11(17)18)5-2-6-12/h8H,2-7H2,1H3,(H,13,15)(H,17,18). The Labute approximate surface area is 105 Å². The average Bonchev–Trinajstić information content (AvgIpc) is 2.98. The number of amides is 2. The Morgan fingerprint density at radius 1 is 1.33 bits per heavy atom. The summed E-state index contributed by atoms with van der Waals surface area (Å²) < 4.78 is 0. The molecule has 0 spiro atoms. The molecule has 2 amide bonds. The molecule has 0 saturated heterocycles. The molecule has 0 bridgehead atoms. The molecule has 2 rings (SSSR count). The van der Waals surface area contributed by atoms with Gasteiger partial charge in [0.1, 0.15) is 5.41 Å². The quantitative estimate of drug-likeness (QED) is 0.675. The van der Waals surface area contributed by atoms with Crippen LogP contribution < -0.4 is 5.32 Å². The lowest BCUT2D eigenvalue weighted by molar-refractivity contribution is -0.167. The Morgan fingerprint density at radius 3 is 2.33 bits per heavy atom. The van der Waals surface area contributed by atoms with Crippen LogP contribution in [0.3, 0.4) is 0 Å². The molecule has 2 aliphatic carbocycles. The second kappa shape index (κ2) is 4.59. The van der Waals surface area contributed by atoms with Crippen molar-refractivity contribution in [2.45, 2.75) is 38.1 Å². The molecule has 0 aromatic rings. The van der Waals surface area contributed by atoms with Crippen molar-refractivity contribution in [3.05, 3.63) is 0 Å². The van der Waals surface area contributed by atoms with Crippen LogP contribution in [-0.4, -0.2) is 47.4 Å². The van der Waals surface area contributed by atoms with E-state index in [1.165, 1.54) is 11.9 Å². The molecule has 0 aromatic carbocycles. The topological polar surface area (TPSA) is 86.7 Å². The molecule has 6 nitrogen and oxygen atoms in total. The highest BCUT2D eigenvalue weighted by Crippen LogP contribution is 2.42. The van der Waals surface area contributed by atoms with Gasteiger partial charge in [-0.3, -0.25) is 14.4 Å². The van der Waals surface area contributed by atoms with Gasteiger partial charge in [-0.05, 0) is 25.7 Å². The van der Waals surface area contributed by atoms with E-state index in [1.807, 2.05) is 0 Å². The predicted molar refractivity (Wildman–Crippen MR) is 62.7 cm³/mol. The number of hydrogen-bond acceptors (Lipinski definition) is 3. The number of nitrogens with one attached hydrogen (secondary N) is 1. The molecule has 0 heterocycles. The van der Waals surface area contributed by atoms with Gasteiger partial charge >= 0.3 is 5.97 Å². The Kier molecular flexibility index (Phi) is 3.28. The maximum Gasteiger partial charge on any atom is 0.319 e. The fraction of sp³-hybridized carbons (Fsp3) is 0.750. The summed E-state index contributed by atoms with van der Waals surface area (Å²) in [7, 11) is 1.48. The van der Waals surface area contributed by atoms with Gasteiger partial charge in [-0.15, -0.1) is 0 Å². The van der Waals surface area contributed by atoms with Crippen molar-refractivity contribution in [1.82, 2.24) is 10.2 Å². The molecule has 0 aromatic heterocycles. The molecule has 2 saturated carbocycles. The number of carboxylic acids is 1. The third kappa shape index (κ3) is 2.32. The Morgan fingerprint density at radius 2 is 1.94 bits per heavy atom. The van der Waals surface area contributed by atoms with E-state index >= 15 is 0 Å². The molecular formula is C12H18N2O4. The summed E-state index contributed by atoms with van der Waals surface area (Å²) in [6, 6.07) is 0.248. The second-order valence-corrected chi connectivity index (χ2v) is 5.24. The van der Waals surface area contributed by atoms with E-state index in [2.05, 4.69) is 5.32 Å². The number of rotatable bonds is 5. The van der Waals surface area contributed by atoms with Crippen LogP contribution >= 0.6 is 0 Å². The van der Waals surface area contributed by atoms with Crippen molar-refractivity contribution >= 4 is 17.8 Å². The smallest absolute Gasteiger partial charge is 0.319 e.